The highest BCUT2D eigenvalue weighted by Crippen LogP contribution is 2.21. The standard InChI is InChI=1S/C15H18FNO3/c16-13-7-5-6-12(10-18)15(13)20-11-14(19)17-8-3-1-2-4-9-17/h5-7,10H,1-4,8-9,11H2. The van der Waals surface area contributed by atoms with Crippen LogP contribution in [0.15, 0.2) is 18.2 Å². The number of halogens is 1. The van der Waals surface area contributed by atoms with E-state index < -0.39 is 5.82 Å². The molecule has 1 aromatic carbocycles. The lowest BCUT2D eigenvalue weighted by Crippen LogP contribution is -2.35. The van der Waals surface area contributed by atoms with Crippen LogP contribution in [-0.4, -0.2) is 36.8 Å². The van der Waals surface area contributed by atoms with Gasteiger partial charge >= 0.3 is 0 Å². The van der Waals surface area contributed by atoms with Crippen LogP contribution in [0.3, 0.4) is 0 Å². The van der Waals surface area contributed by atoms with Crippen molar-refractivity contribution in [3.63, 3.8) is 0 Å². The van der Waals surface area contributed by atoms with Gasteiger partial charge in [-0.1, -0.05) is 18.9 Å². The Morgan fingerprint density at radius 1 is 1.25 bits per heavy atom. The highest BCUT2D eigenvalue weighted by Gasteiger charge is 2.17. The van der Waals surface area contributed by atoms with E-state index >= 15 is 0 Å². The van der Waals surface area contributed by atoms with Gasteiger partial charge in [-0.05, 0) is 25.0 Å². The minimum Gasteiger partial charge on any atom is -0.480 e. The second-order valence-electron chi connectivity index (χ2n) is 4.86. The molecule has 0 unspecified atom stereocenters. The molecule has 108 valence electrons. The smallest absolute Gasteiger partial charge is 0.260 e. The molecular weight excluding hydrogens is 261 g/mol. The highest BCUT2D eigenvalue weighted by molar-refractivity contribution is 5.81. The summed E-state index contributed by atoms with van der Waals surface area (Å²) in [5.74, 6) is -0.934. The predicted molar refractivity (Wildman–Crippen MR) is 72.3 cm³/mol. The van der Waals surface area contributed by atoms with E-state index in [1.807, 2.05) is 0 Å². The second-order valence-corrected chi connectivity index (χ2v) is 4.86. The number of amides is 1. The van der Waals surface area contributed by atoms with Gasteiger partial charge in [-0.2, -0.15) is 0 Å². The third kappa shape index (κ3) is 3.56. The molecule has 1 heterocycles. The average molecular weight is 279 g/mol. The number of aldehydes is 1. The summed E-state index contributed by atoms with van der Waals surface area (Å²) >= 11 is 0. The van der Waals surface area contributed by atoms with Gasteiger partial charge in [0.05, 0.1) is 5.56 Å². The molecule has 0 aromatic heterocycles. The number of hydrogen-bond donors (Lipinski definition) is 0. The molecule has 0 radical (unpaired) electrons. The number of benzene rings is 1. The van der Waals surface area contributed by atoms with Gasteiger partial charge in [0.15, 0.2) is 24.5 Å². The molecule has 0 saturated carbocycles. The Bertz CT molecular complexity index is 482. The summed E-state index contributed by atoms with van der Waals surface area (Å²) in [6, 6.07) is 4.10. The zero-order valence-corrected chi connectivity index (χ0v) is 11.3. The maximum Gasteiger partial charge on any atom is 0.260 e. The molecule has 1 aromatic rings. The van der Waals surface area contributed by atoms with Crippen LogP contribution in [0.25, 0.3) is 0 Å². The number of carbonyl (C=O) groups excluding carboxylic acids is 2. The summed E-state index contributed by atoms with van der Waals surface area (Å²) in [4.78, 5) is 24.6. The van der Waals surface area contributed by atoms with Crippen LogP contribution in [0.5, 0.6) is 5.75 Å². The van der Waals surface area contributed by atoms with E-state index in [-0.39, 0.29) is 23.8 Å². The van der Waals surface area contributed by atoms with E-state index in [0.29, 0.717) is 6.29 Å². The second kappa shape index (κ2) is 7.03. The van der Waals surface area contributed by atoms with E-state index in [2.05, 4.69) is 0 Å². The average Bonchev–Trinajstić information content (AvgIpc) is 2.74. The Morgan fingerprint density at radius 2 is 1.95 bits per heavy atom. The van der Waals surface area contributed by atoms with Crippen molar-refractivity contribution in [3.8, 4) is 5.75 Å². The minimum atomic E-state index is -0.627. The molecule has 1 aliphatic rings. The number of carbonyl (C=O) groups is 2. The fourth-order valence-electron chi connectivity index (χ4n) is 2.32. The lowest BCUT2D eigenvalue weighted by atomic mass is 10.2. The molecule has 20 heavy (non-hydrogen) atoms. The third-order valence-corrected chi connectivity index (χ3v) is 3.42. The summed E-state index contributed by atoms with van der Waals surface area (Å²) < 4.78 is 18.8. The summed E-state index contributed by atoms with van der Waals surface area (Å²) in [7, 11) is 0. The van der Waals surface area contributed by atoms with Crippen molar-refractivity contribution in [2.75, 3.05) is 19.7 Å². The molecule has 0 aliphatic carbocycles. The zero-order chi connectivity index (χ0) is 14.4. The van der Waals surface area contributed by atoms with Crippen LogP contribution in [0.2, 0.25) is 0 Å². The number of likely N-dealkylation sites (tertiary alicyclic amines) is 1. The predicted octanol–water partition coefficient (Wildman–Crippen LogP) is 2.42. The number of hydrogen-bond acceptors (Lipinski definition) is 3. The summed E-state index contributed by atoms with van der Waals surface area (Å²) in [6.45, 7) is 1.21. The first kappa shape index (κ1) is 14.5. The number of nitrogens with zero attached hydrogens (tertiary/aromatic N) is 1. The van der Waals surface area contributed by atoms with Gasteiger partial charge in [-0.3, -0.25) is 9.59 Å². The minimum absolute atomic E-state index is 0.119. The van der Waals surface area contributed by atoms with Gasteiger partial charge in [-0.15, -0.1) is 0 Å². The Balaban J connectivity index is 1.97. The van der Waals surface area contributed by atoms with Crippen LogP contribution >= 0.6 is 0 Å². The van der Waals surface area contributed by atoms with Crippen molar-refractivity contribution in [3.05, 3.63) is 29.6 Å². The van der Waals surface area contributed by atoms with E-state index in [9.17, 15) is 14.0 Å². The van der Waals surface area contributed by atoms with Crippen LogP contribution in [-0.2, 0) is 4.79 Å². The molecule has 2 rings (SSSR count). The van der Waals surface area contributed by atoms with Gasteiger partial charge in [0.2, 0.25) is 0 Å². The first-order valence-electron chi connectivity index (χ1n) is 6.86. The van der Waals surface area contributed by atoms with Gasteiger partial charge in [-0.25, -0.2) is 4.39 Å². The van der Waals surface area contributed by atoms with Gasteiger partial charge in [0.1, 0.15) is 0 Å². The van der Waals surface area contributed by atoms with Crippen molar-refractivity contribution in [2.45, 2.75) is 25.7 Å². The SMILES string of the molecule is O=Cc1cccc(F)c1OCC(=O)N1CCCCCC1. The van der Waals surface area contributed by atoms with Crippen LogP contribution < -0.4 is 4.74 Å². The van der Waals surface area contributed by atoms with Crippen molar-refractivity contribution >= 4 is 12.2 Å². The van der Waals surface area contributed by atoms with Crippen LogP contribution in [0.1, 0.15) is 36.0 Å². The van der Waals surface area contributed by atoms with Gasteiger partial charge < -0.3 is 9.64 Å². The van der Waals surface area contributed by atoms with Gasteiger partial charge in [0.25, 0.3) is 5.91 Å². The zero-order valence-electron chi connectivity index (χ0n) is 11.3. The number of para-hydroxylation sites is 1. The molecular formula is C15H18FNO3. The van der Waals surface area contributed by atoms with E-state index in [0.717, 1.165) is 38.8 Å². The quantitative estimate of drug-likeness (QED) is 0.795. The fourth-order valence-corrected chi connectivity index (χ4v) is 2.32. The Kier molecular flexibility index (Phi) is 5.09. The highest BCUT2D eigenvalue weighted by atomic mass is 19.1. The fraction of sp³-hybridized carbons (Fsp3) is 0.467. The lowest BCUT2D eigenvalue weighted by molar-refractivity contribution is -0.133. The third-order valence-electron chi connectivity index (χ3n) is 3.42. The summed E-state index contributed by atoms with van der Waals surface area (Å²) in [5.41, 5.74) is 0.119. The van der Waals surface area contributed by atoms with Gasteiger partial charge in [0, 0.05) is 13.1 Å². The molecule has 0 atom stereocenters. The Hall–Kier alpha value is -1.91. The molecule has 1 fully saturated rings. The van der Waals surface area contributed by atoms with Crippen molar-refractivity contribution in [2.24, 2.45) is 0 Å². The number of rotatable bonds is 4. The molecule has 0 N–H and O–H groups in total. The van der Waals surface area contributed by atoms with E-state index in [1.54, 1.807) is 4.90 Å². The normalized spacial score (nSPS) is 15.6. The van der Waals surface area contributed by atoms with Crippen molar-refractivity contribution in [1.82, 2.24) is 4.90 Å². The lowest BCUT2D eigenvalue weighted by Gasteiger charge is -2.20. The Labute approximate surface area is 117 Å². The topological polar surface area (TPSA) is 46.6 Å². The number of ether oxygens (including phenoxy) is 1. The molecule has 4 nitrogen and oxygen atoms in total. The van der Waals surface area contributed by atoms with E-state index in [1.165, 1.54) is 18.2 Å². The summed E-state index contributed by atoms with van der Waals surface area (Å²) in [5, 5.41) is 0. The maximum atomic E-state index is 13.6. The van der Waals surface area contributed by atoms with Crippen molar-refractivity contribution < 1.29 is 18.7 Å². The molecule has 0 spiro atoms. The summed E-state index contributed by atoms with van der Waals surface area (Å²) in [6.07, 6.45) is 4.77. The molecule has 0 bridgehead atoms. The molecule has 5 heteroatoms. The monoisotopic (exact) mass is 279 g/mol. The van der Waals surface area contributed by atoms with E-state index in [4.69, 9.17) is 4.74 Å². The molecule has 1 saturated heterocycles. The molecule has 1 amide bonds. The van der Waals surface area contributed by atoms with Crippen molar-refractivity contribution in [1.29, 1.82) is 0 Å². The maximum absolute atomic E-state index is 13.6. The largest absolute Gasteiger partial charge is 0.480 e. The first-order valence-corrected chi connectivity index (χ1v) is 6.86. The van der Waals surface area contributed by atoms with Crippen LogP contribution in [0, 0.1) is 5.82 Å². The first-order chi connectivity index (χ1) is 9.72. The van der Waals surface area contributed by atoms with Crippen LogP contribution in [0.4, 0.5) is 4.39 Å². The Morgan fingerprint density at radius 3 is 2.60 bits per heavy atom. The molecule has 1 aliphatic heterocycles.